The summed E-state index contributed by atoms with van der Waals surface area (Å²) in [4.78, 5) is 8.15. The number of rotatable bonds is 8. The number of H-pyrrole nitrogens is 1. The van der Waals surface area contributed by atoms with E-state index in [1.807, 2.05) is 0 Å². The van der Waals surface area contributed by atoms with E-state index in [9.17, 15) is 8.42 Å². The Kier molecular flexibility index (Phi) is 5.30. The lowest BCUT2D eigenvalue weighted by Crippen LogP contribution is -2.23. The Morgan fingerprint density at radius 2 is 2.25 bits per heavy atom. The lowest BCUT2D eigenvalue weighted by Gasteiger charge is -2.02. The topological polar surface area (TPSA) is 86.9 Å². The molecule has 3 N–H and O–H groups in total. The van der Waals surface area contributed by atoms with Gasteiger partial charge in [0.2, 0.25) is 10.0 Å². The van der Waals surface area contributed by atoms with Crippen molar-refractivity contribution < 1.29 is 8.42 Å². The Labute approximate surface area is 122 Å². The van der Waals surface area contributed by atoms with Gasteiger partial charge in [0, 0.05) is 29.2 Å². The van der Waals surface area contributed by atoms with E-state index < -0.39 is 10.0 Å². The highest BCUT2D eigenvalue weighted by molar-refractivity contribution is 7.89. The van der Waals surface area contributed by atoms with Crippen molar-refractivity contribution >= 4 is 21.4 Å². The van der Waals surface area contributed by atoms with Crippen LogP contribution in [0.3, 0.4) is 0 Å². The van der Waals surface area contributed by atoms with E-state index in [0.717, 1.165) is 17.8 Å². The van der Waals surface area contributed by atoms with Gasteiger partial charge in [-0.25, -0.2) is 18.1 Å². The summed E-state index contributed by atoms with van der Waals surface area (Å²) in [5, 5.41) is 4.91. The predicted molar refractivity (Wildman–Crippen MR) is 78.9 cm³/mol. The van der Waals surface area contributed by atoms with Gasteiger partial charge in [0.15, 0.2) is 0 Å². The highest BCUT2D eigenvalue weighted by atomic mass is 32.2. The van der Waals surface area contributed by atoms with Crippen molar-refractivity contribution in [2.24, 2.45) is 0 Å². The van der Waals surface area contributed by atoms with Crippen molar-refractivity contribution in [3.05, 3.63) is 34.5 Å². The second-order valence-electron chi connectivity index (χ2n) is 4.29. The SMILES string of the molecule is CCCNCc1cc(S(=O)(=O)NCc2ncc[nH]2)cs1. The fourth-order valence-corrected chi connectivity index (χ4v) is 3.86. The van der Waals surface area contributed by atoms with Crippen LogP contribution in [0.1, 0.15) is 24.0 Å². The highest BCUT2D eigenvalue weighted by Gasteiger charge is 2.16. The number of thiophene rings is 1. The molecular weight excluding hydrogens is 296 g/mol. The van der Waals surface area contributed by atoms with Crippen LogP contribution in [0.5, 0.6) is 0 Å². The Morgan fingerprint density at radius 3 is 2.95 bits per heavy atom. The number of nitrogens with zero attached hydrogens (tertiary/aromatic N) is 1. The number of hydrogen-bond donors (Lipinski definition) is 3. The summed E-state index contributed by atoms with van der Waals surface area (Å²) in [5.41, 5.74) is 0. The van der Waals surface area contributed by atoms with Crippen molar-refractivity contribution in [3.8, 4) is 0 Å². The largest absolute Gasteiger partial charge is 0.347 e. The summed E-state index contributed by atoms with van der Waals surface area (Å²) >= 11 is 1.45. The van der Waals surface area contributed by atoms with Crippen LogP contribution in [0.25, 0.3) is 0 Å². The zero-order chi connectivity index (χ0) is 14.4. The normalized spacial score (nSPS) is 11.8. The Morgan fingerprint density at radius 1 is 1.40 bits per heavy atom. The number of imidazole rings is 1. The van der Waals surface area contributed by atoms with Gasteiger partial charge < -0.3 is 10.3 Å². The van der Waals surface area contributed by atoms with Crippen LogP contribution in [-0.2, 0) is 23.1 Å². The first-order chi connectivity index (χ1) is 9.62. The molecule has 6 nitrogen and oxygen atoms in total. The number of aromatic amines is 1. The fourth-order valence-electron chi connectivity index (χ4n) is 1.62. The van der Waals surface area contributed by atoms with Gasteiger partial charge in [-0.3, -0.25) is 0 Å². The molecule has 0 spiro atoms. The zero-order valence-electron chi connectivity index (χ0n) is 11.2. The van der Waals surface area contributed by atoms with E-state index in [1.165, 1.54) is 11.3 Å². The minimum atomic E-state index is -3.47. The van der Waals surface area contributed by atoms with Crippen molar-refractivity contribution in [1.29, 1.82) is 0 Å². The quantitative estimate of drug-likeness (QED) is 0.644. The van der Waals surface area contributed by atoms with Gasteiger partial charge in [0.25, 0.3) is 0 Å². The van der Waals surface area contributed by atoms with Crippen LogP contribution in [0, 0.1) is 0 Å². The lowest BCUT2D eigenvalue weighted by molar-refractivity contribution is 0.580. The van der Waals surface area contributed by atoms with Crippen LogP contribution in [-0.4, -0.2) is 24.9 Å². The van der Waals surface area contributed by atoms with E-state index >= 15 is 0 Å². The summed E-state index contributed by atoms with van der Waals surface area (Å²) in [6, 6.07) is 1.71. The molecule has 0 radical (unpaired) electrons. The molecule has 0 saturated carbocycles. The third kappa shape index (κ3) is 4.14. The molecule has 0 aromatic carbocycles. The first kappa shape index (κ1) is 15.2. The first-order valence-corrected chi connectivity index (χ1v) is 8.74. The minimum Gasteiger partial charge on any atom is -0.347 e. The summed E-state index contributed by atoms with van der Waals surface area (Å²) in [6.07, 6.45) is 4.30. The third-order valence-electron chi connectivity index (χ3n) is 2.65. The zero-order valence-corrected chi connectivity index (χ0v) is 12.9. The molecule has 20 heavy (non-hydrogen) atoms. The molecule has 2 heterocycles. The Balaban J connectivity index is 1.95. The van der Waals surface area contributed by atoms with Gasteiger partial charge in [0.05, 0.1) is 11.4 Å². The van der Waals surface area contributed by atoms with E-state index in [1.54, 1.807) is 23.8 Å². The molecule has 0 aliphatic carbocycles. The second-order valence-corrected chi connectivity index (χ2v) is 7.05. The van der Waals surface area contributed by atoms with E-state index in [0.29, 0.717) is 17.3 Å². The number of hydrogen-bond acceptors (Lipinski definition) is 5. The standard InChI is InChI=1S/C12H18N4O2S2/c1-2-3-13-7-10-6-11(9-19-10)20(17,18)16-8-12-14-4-5-15-12/h4-6,9,13,16H,2-3,7-8H2,1H3,(H,14,15). The molecule has 2 rings (SSSR count). The number of aromatic nitrogens is 2. The summed E-state index contributed by atoms with van der Waals surface area (Å²) in [6.45, 7) is 3.88. The molecule has 0 aliphatic rings. The molecular formula is C12H18N4O2S2. The average Bonchev–Trinajstić information content (AvgIpc) is 3.08. The maximum atomic E-state index is 12.1. The van der Waals surface area contributed by atoms with E-state index in [-0.39, 0.29) is 6.54 Å². The summed E-state index contributed by atoms with van der Waals surface area (Å²) in [7, 11) is -3.47. The van der Waals surface area contributed by atoms with Gasteiger partial charge in [-0.15, -0.1) is 11.3 Å². The second kappa shape index (κ2) is 6.98. The predicted octanol–water partition coefficient (Wildman–Crippen LogP) is 1.45. The average molecular weight is 314 g/mol. The maximum absolute atomic E-state index is 12.1. The molecule has 2 aromatic rings. The van der Waals surface area contributed by atoms with Crippen LogP contribution in [0.15, 0.2) is 28.7 Å². The van der Waals surface area contributed by atoms with Gasteiger partial charge in [0.1, 0.15) is 5.82 Å². The molecule has 0 fully saturated rings. The molecule has 0 amide bonds. The summed E-state index contributed by atoms with van der Waals surface area (Å²) in [5.74, 6) is 0.591. The van der Waals surface area contributed by atoms with Crippen molar-refractivity contribution in [1.82, 2.24) is 20.0 Å². The monoisotopic (exact) mass is 314 g/mol. The molecule has 0 unspecified atom stereocenters. The van der Waals surface area contributed by atoms with Crippen LogP contribution < -0.4 is 10.0 Å². The molecule has 8 heteroatoms. The molecule has 0 bridgehead atoms. The summed E-state index contributed by atoms with van der Waals surface area (Å²) < 4.78 is 26.7. The molecule has 2 aromatic heterocycles. The van der Waals surface area contributed by atoms with Gasteiger partial charge in [-0.2, -0.15) is 0 Å². The van der Waals surface area contributed by atoms with E-state index in [2.05, 4.69) is 26.9 Å². The van der Waals surface area contributed by atoms with Gasteiger partial charge >= 0.3 is 0 Å². The van der Waals surface area contributed by atoms with Crippen molar-refractivity contribution in [3.63, 3.8) is 0 Å². The van der Waals surface area contributed by atoms with Crippen LogP contribution in [0.2, 0.25) is 0 Å². The minimum absolute atomic E-state index is 0.161. The molecule has 0 saturated heterocycles. The maximum Gasteiger partial charge on any atom is 0.241 e. The molecule has 0 atom stereocenters. The Bertz CT molecular complexity index is 620. The van der Waals surface area contributed by atoms with Crippen LogP contribution >= 0.6 is 11.3 Å². The number of nitrogens with one attached hydrogen (secondary N) is 3. The first-order valence-electron chi connectivity index (χ1n) is 6.38. The van der Waals surface area contributed by atoms with Crippen molar-refractivity contribution in [2.75, 3.05) is 6.54 Å². The molecule has 0 aliphatic heterocycles. The van der Waals surface area contributed by atoms with E-state index in [4.69, 9.17) is 0 Å². The van der Waals surface area contributed by atoms with Crippen molar-refractivity contribution in [2.45, 2.75) is 31.3 Å². The highest BCUT2D eigenvalue weighted by Crippen LogP contribution is 2.19. The number of sulfonamides is 1. The van der Waals surface area contributed by atoms with Gasteiger partial charge in [-0.1, -0.05) is 6.92 Å². The fraction of sp³-hybridized carbons (Fsp3) is 0.417. The molecule has 110 valence electrons. The van der Waals surface area contributed by atoms with Gasteiger partial charge in [-0.05, 0) is 19.0 Å². The van der Waals surface area contributed by atoms with Crippen LogP contribution in [0.4, 0.5) is 0 Å². The third-order valence-corrected chi connectivity index (χ3v) is 5.12. The lowest BCUT2D eigenvalue weighted by atomic mass is 10.4. The Hall–Kier alpha value is -1.22. The smallest absolute Gasteiger partial charge is 0.241 e.